The average Bonchev–Trinajstić information content (AvgIpc) is 2.16. The minimum absolute atomic E-state index is 0.180. The first-order valence-electron chi connectivity index (χ1n) is 4.96. The van der Waals surface area contributed by atoms with Gasteiger partial charge in [-0.25, -0.2) is 0 Å². The zero-order valence-electron chi connectivity index (χ0n) is 9.12. The minimum Gasteiger partial charge on any atom is -0.466 e. The summed E-state index contributed by atoms with van der Waals surface area (Å²) in [6.45, 7) is 6.14. The van der Waals surface area contributed by atoms with Gasteiger partial charge >= 0.3 is 5.97 Å². The van der Waals surface area contributed by atoms with Crippen molar-refractivity contribution in [2.75, 3.05) is 25.5 Å². The largest absolute Gasteiger partial charge is 0.466 e. The van der Waals surface area contributed by atoms with Crippen LogP contribution in [-0.4, -0.2) is 31.5 Å². The van der Waals surface area contributed by atoms with Gasteiger partial charge in [-0.05, 0) is 13.8 Å². The predicted octanol–water partition coefficient (Wildman–Crippen LogP) is 2.27. The van der Waals surface area contributed by atoms with Crippen LogP contribution in [0.1, 0.15) is 27.2 Å². The number of esters is 1. The molecule has 0 spiro atoms. The van der Waals surface area contributed by atoms with E-state index in [2.05, 4.69) is 0 Å². The summed E-state index contributed by atoms with van der Waals surface area (Å²) >= 11 is 0. The van der Waals surface area contributed by atoms with Crippen LogP contribution in [0.15, 0.2) is 0 Å². The first kappa shape index (κ1) is 13.7. The quantitative estimate of drug-likeness (QED) is 0.489. The molecule has 0 rings (SSSR count). The highest BCUT2D eigenvalue weighted by molar-refractivity contribution is 7.58. The molecule has 0 N–H and O–H groups in total. The van der Waals surface area contributed by atoms with Crippen molar-refractivity contribution < 1.29 is 18.6 Å². The zero-order valence-corrected chi connectivity index (χ0v) is 10.0. The van der Waals surface area contributed by atoms with Crippen molar-refractivity contribution in [1.82, 2.24) is 0 Å². The topological polar surface area (TPSA) is 52.6 Å². The van der Waals surface area contributed by atoms with Crippen LogP contribution in [0, 0.1) is 0 Å². The fraction of sp³-hybridized carbons (Fsp3) is 0.889. The van der Waals surface area contributed by atoms with Crippen LogP contribution in [0.4, 0.5) is 0 Å². The van der Waals surface area contributed by atoms with Gasteiger partial charge in [0.25, 0.3) is 0 Å². The number of carbonyl (C=O) groups is 1. The normalized spacial score (nSPS) is 14.8. The third-order valence-electron chi connectivity index (χ3n) is 1.81. The van der Waals surface area contributed by atoms with E-state index in [1.165, 1.54) is 0 Å². The molecule has 4 nitrogen and oxygen atoms in total. The molecule has 0 bridgehead atoms. The van der Waals surface area contributed by atoms with Crippen LogP contribution in [0.3, 0.4) is 0 Å². The lowest BCUT2D eigenvalue weighted by Gasteiger charge is -2.14. The molecule has 0 aliphatic rings. The van der Waals surface area contributed by atoms with Crippen molar-refractivity contribution in [3.8, 4) is 0 Å². The van der Waals surface area contributed by atoms with Crippen molar-refractivity contribution in [3.05, 3.63) is 0 Å². The zero-order chi connectivity index (χ0) is 11.0. The number of hydrogen-bond donors (Lipinski definition) is 0. The van der Waals surface area contributed by atoms with Gasteiger partial charge < -0.3 is 9.26 Å². The third-order valence-corrected chi connectivity index (χ3v) is 4.41. The van der Waals surface area contributed by atoms with Gasteiger partial charge in [-0.15, -0.1) is 0 Å². The second-order valence-corrected chi connectivity index (χ2v) is 5.79. The van der Waals surface area contributed by atoms with Gasteiger partial charge in [0.15, 0.2) is 0 Å². The Bertz CT molecular complexity index is 215. The van der Waals surface area contributed by atoms with Gasteiger partial charge in [-0.1, -0.05) is 6.92 Å². The van der Waals surface area contributed by atoms with Crippen LogP contribution < -0.4 is 0 Å². The summed E-state index contributed by atoms with van der Waals surface area (Å²) in [7, 11) is -2.58. The van der Waals surface area contributed by atoms with E-state index in [0.717, 1.165) is 0 Å². The van der Waals surface area contributed by atoms with E-state index in [1.54, 1.807) is 13.8 Å². The van der Waals surface area contributed by atoms with Gasteiger partial charge in [0.2, 0.25) is 7.37 Å². The SMILES string of the molecule is CCOC(=O)CCP(=O)(CC)OCC. The summed E-state index contributed by atoms with van der Waals surface area (Å²) < 4.78 is 21.8. The molecule has 1 unspecified atom stereocenters. The lowest BCUT2D eigenvalue weighted by molar-refractivity contribution is -0.142. The monoisotopic (exact) mass is 222 g/mol. The van der Waals surface area contributed by atoms with Crippen LogP contribution >= 0.6 is 7.37 Å². The Balaban J connectivity index is 3.94. The molecule has 0 saturated carbocycles. The molecule has 0 radical (unpaired) electrons. The summed E-state index contributed by atoms with van der Waals surface area (Å²) in [6.07, 6.45) is 0.940. The maximum Gasteiger partial charge on any atom is 0.306 e. The van der Waals surface area contributed by atoms with E-state index >= 15 is 0 Å². The number of hydrogen-bond acceptors (Lipinski definition) is 4. The molecule has 5 heteroatoms. The lowest BCUT2D eigenvalue weighted by atomic mass is 10.5. The Morgan fingerprint density at radius 2 is 1.86 bits per heavy atom. The Hall–Kier alpha value is -0.340. The van der Waals surface area contributed by atoms with Crippen molar-refractivity contribution in [2.45, 2.75) is 27.2 Å². The molecule has 1 atom stereocenters. The van der Waals surface area contributed by atoms with Gasteiger partial charge in [-0.3, -0.25) is 9.36 Å². The van der Waals surface area contributed by atoms with Gasteiger partial charge in [0.1, 0.15) is 0 Å². The van der Waals surface area contributed by atoms with Gasteiger partial charge in [0.05, 0.1) is 19.6 Å². The van der Waals surface area contributed by atoms with Gasteiger partial charge in [-0.2, -0.15) is 0 Å². The van der Waals surface area contributed by atoms with Crippen LogP contribution in [0.25, 0.3) is 0 Å². The van der Waals surface area contributed by atoms with Crippen molar-refractivity contribution >= 4 is 13.3 Å². The molecule has 0 heterocycles. The first-order valence-corrected chi connectivity index (χ1v) is 6.95. The van der Waals surface area contributed by atoms with E-state index in [9.17, 15) is 9.36 Å². The molecule has 0 aliphatic heterocycles. The van der Waals surface area contributed by atoms with Crippen LogP contribution in [0.2, 0.25) is 0 Å². The summed E-state index contributed by atoms with van der Waals surface area (Å²) in [4.78, 5) is 11.0. The molecule has 0 aliphatic carbocycles. The molecular formula is C9H19O4P. The summed E-state index contributed by atoms with van der Waals surface area (Å²) in [5.41, 5.74) is 0. The van der Waals surface area contributed by atoms with E-state index in [-0.39, 0.29) is 18.6 Å². The summed E-state index contributed by atoms with van der Waals surface area (Å²) in [5.74, 6) is -0.305. The molecule has 0 saturated heterocycles. The van der Waals surface area contributed by atoms with E-state index < -0.39 is 7.37 Å². The van der Waals surface area contributed by atoms with Crippen LogP contribution in [0.5, 0.6) is 0 Å². The third kappa shape index (κ3) is 5.40. The maximum absolute atomic E-state index is 11.9. The molecule has 0 fully saturated rings. The Morgan fingerprint density at radius 3 is 2.29 bits per heavy atom. The smallest absolute Gasteiger partial charge is 0.306 e. The molecule has 0 amide bonds. The fourth-order valence-electron chi connectivity index (χ4n) is 1.04. The number of ether oxygens (including phenoxy) is 1. The molecule has 0 aromatic carbocycles. The Kier molecular flexibility index (Phi) is 6.85. The second-order valence-electron chi connectivity index (χ2n) is 2.83. The molecular weight excluding hydrogens is 203 g/mol. The van der Waals surface area contributed by atoms with E-state index in [0.29, 0.717) is 19.4 Å². The average molecular weight is 222 g/mol. The first-order chi connectivity index (χ1) is 6.58. The summed E-state index contributed by atoms with van der Waals surface area (Å²) in [5, 5.41) is 0. The predicted molar refractivity (Wildman–Crippen MR) is 55.9 cm³/mol. The highest BCUT2D eigenvalue weighted by Gasteiger charge is 2.21. The number of carbonyl (C=O) groups excluding carboxylic acids is 1. The van der Waals surface area contributed by atoms with Crippen LogP contribution in [-0.2, 0) is 18.6 Å². The maximum atomic E-state index is 11.9. The minimum atomic E-state index is -2.58. The fourth-order valence-corrected chi connectivity index (χ4v) is 2.67. The van der Waals surface area contributed by atoms with E-state index in [4.69, 9.17) is 9.26 Å². The number of rotatable bonds is 7. The Labute approximate surface area is 85.4 Å². The van der Waals surface area contributed by atoms with Crippen molar-refractivity contribution in [1.29, 1.82) is 0 Å². The molecule has 84 valence electrons. The second kappa shape index (κ2) is 7.02. The van der Waals surface area contributed by atoms with Gasteiger partial charge in [0, 0.05) is 12.3 Å². The van der Waals surface area contributed by atoms with Crippen molar-refractivity contribution in [2.24, 2.45) is 0 Å². The molecule has 0 aromatic rings. The summed E-state index contributed by atoms with van der Waals surface area (Å²) in [6, 6.07) is 0. The van der Waals surface area contributed by atoms with E-state index in [1.807, 2.05) is 6.92 Å². The molecule has 0 aromatic heterocycles. The highest BCUT2D eigenvalue weighted by Crippen LogP contribution is 2.46. The standard InChI is InChI=1S/C9H19O4P/c1-4-12-9(10)7-8-14(11,6-3)13-5-2/h4-8H2,1-3H3. The Morgan fingerprint density at radius 1 is 1.21 bits per heavy atom. The highest BCUT2D eigenvalue weighted by atomic mass is 31.2. The molecule has 14 heavy (non-hydrogen) atoms. The van der Waals surface area contributed by atoms with Crippen molar-refractivity contribution in [3.63, 3.8) is 0 Å². The lowest BCUT2D eigenvalue weighted by Crippen LogP contribution is -2.08.